The third-order valence-corrected chi connectivity index (χ3v) is 3.88. The van der Waals surface area contributed by atoms with Crippen molar-refractivity contribution >= 4 is 29.0 Å². The number of para-hydroxylation sites is 1. The average molecular weight is 345 g/mol. The number of aromatic nitrogens is 2. The molecule has 0 radical (unpaired) electrons. The van der Waals surface area contributed by atoms with Gasteiger partial charge in [-0.05, 0) is 19.1 Å². The van der Waals surface area contributed by atoms with E-state index in [4.69, 9.17) is 10.5 Å². The molecule has 2 aromatic rings. The maximum atomic E-state index is 12.0. The van der Waals surface area contributed by atoms with Crippen LogP contribution in [-0.2, 0) is 4.74 Å². The molecule has 0 bridgehead atoms. The summed E-state index contributed by atoms with van der Waals surface area (Å²) in [5.41, 5.74) is 7.69. The first-order valence-corrected chi connectivity index (χ1v) is 7.92. The van der Waals surface area contributed by atoms with Gasteiger partial charge >= 0.3 is 5.97 Å². The first-order valence-electron chi connectivity index (χ1n) is 7.92. The number of nitrogens with zero attached hydrogens (tertiary/aromatic N) is 4. The van der Waals surface area contributed by atoms with E-state index in [1.165, 1.54) is 13.4 Å². The summed E-state index contributed by atoms with van der Waals surface area (Å²) in [4.78, 5) is 24.1. The van der Waals surface area contributed by atoms with Crippen LogP contribution in [0.1, 0.15) is 17.3 Å². The Hall–Kier alpha value is -2.87. The topological polar surface area (TPSA) is 105 Å². The first-order chi connectivity index (χ1) is 12.0. The van der Waals surface area contributed by atoms with Gasteiger partial charge in [0.15, 0.2) is 11.6 Å². The second-order valence-corrected chi connectivity index (χ2v) is 5.31. The van der Waals surface area contributed by atoms with E-state index in [1.807, 2.05) is 17.9 Å². The van der Waals surface area contributed by atoms with E-state index in [-0.39, 0.29) is 6.61 Å². The maximum Gasteiger partial charge on any atom is 0.339 e. The molecule has 0 aliphatic carbocycles. The van der Waals surface area contributed by atoms with Gasteiger partial charge in [0.25, 0.3) is 0 Å². The highest BCUT2D eigenvalue weighted by atomic mass is 16.5. The number of esters is 1. The summed E-state index contributed by atoms with van der Waals surface area (Å²) in [5, 5.41) is 9.21. The highest BCUT2D eigenvalue weighted by Gasteiger charge is 2.20. The van der Waals surface area contributed by atoms with Gasteiger partial charge in [-0.1, -0.05) is 12.1 Å². The molecule has 2 rings (SSSR count). The normalized spacial score (nSPS) is 10.4. The second kappa shape index (κ2) is 8.29. The third-order valence-electron chi connectivity index (χ3n) is 3.88. The number of ether oxygens (including phenoxy) is 1. The Morgan fingerprint density at radius 1 is 1.28 bits per heavy atom. The molecule has 1 heterocycles. The first kappa shape index (κ1) is 18.5. The van der Waals surface area contributed by atoms with Gasteiger partial charge in [0, 0.05) is 20.1 Å². The fraction of sp³-hybridized carbons (Fsp3) is 0.353. The number of hydrogen-bond donors (Lipinski definition) is 2. The molecule has 8 heteroatoms. The van der Waals surface area contributed by atoms with Crippen LogP contribution in [0, 0.1) is 0 Å². The zero-order valence-corrected chi connectivity index (χ0v) is 14.6. The van der Waals surface area contributed by atoms with Crippen molar-refractivity contribution in [1.29, 1.82) is 0 Å². The van der Waals surface area contributed by atoms with Crippen LogP contribution in [0.4, 0.5) is 23.0 Å². The molecule has 0 aliphatic heterocycles. The molecule has 0 fully saturated rings. The minimum Gasteiger partial charge on any atom is -0.465 e. The molecule has 0 saturated carbocycles. The van der Waals surface area contributed by atoms with Crippen molar-refractivity contribution in [1.82, 2.24) is 9.97 Å². The van der Waals surface area contributed by atoms with Crippen LogP contribution in [0.15, 0.2) is 30.6 Å². The van der Waals surface area contributed by atoms with Crippen LogP contribution in [0.3, 0.4) is 0 Å². The van der Waals surface area contributed by atoms with Crippen molar-refractivity contribution in [2.45, 2.75) is 6.92 Å². The van der Waals surface area contributed by atoms with Gasteiger partial charge in [-0.15, -0.1) is 0 Å². The van der Waals surface area contributed by atoms with Crippen LogP contribution < -0.4 is 15.5 Å². The summed E-state index contributed by atoms with van der Waals surface area (Å²) in [6.07, 6.45) is 1.41. The highest BCUT2D eigenvalue weighted by molar-refractivity contribution is 5.97. The van der Waals surface area contributed by atoms with E-state index >= 15 is 0 Å². The molecule has 3 N–H and O–H groups in total. The van der Waals surface area contributed by atoms with Crippen molar-refractivity contribution in [2.75, 3.05) is 49.4 Å². The number of nitrogens with two attached hydrogens (primary N) is 1. The van der Waals surface area contributed by atoms with Gasteiger partial charge in [0.2, 0.25) is 0 Å². The largest absolute Gasteiger partial charge is 0.465 e. The van der Waals surface area contributed by atoms with Crippen LogP contribution >= 0.6 is 0 Å². The van der Waals surface area contributed by atoms with E-state index in [1.54, 1.807) is 30.1 Å². The fourth-order valence-electron chi connectivity index (χ4n) is 2.59. The van der Waals surface area contributed by atoms with Crippen molar-refractivity contribution in [3.8, 4) is 0 Å². The summed E-state index contributed by atoms with van der Waals surface area (Å²) in [6.45, 7) is 3.00. The van der Waals surface area contributed by atoms with Gasteiger partial charge in [-0.2, -0.15) is 0 Å². The third kappa shape index (κ3) is 3.80. The number of likely N-dealkylation sites (N-methyl/N-ethyl adjacent to an activating group) is 1. The standard InChI is InChI=1S/C17H23N5O3/c1-4-22(9-10-23)16-14(18)15(19-11-20-16)21(2)13-8-6-5-7-12(13)17(24)25-3/h5-8,11,23H,4,9-10,18H2,1-3H3. The van der Waals surface area contributed by atoms with Crippen LogP contribution in [0.5, 0.6) is 0 Å². The summed E-state index contributed by atoms with van der Waals surface area (Å²) in [7, 11) is 3.11. The molecule has 1 aromatic carbocycles. The summed E-state index contributed by atoms with van der Waals surface area (Å²) >= 11 is 0. The van der Waals surface area contributed by atoms with Crippen LogP contribution in [-0.4, -0.2) is 54.9 Å². The Morgan fingerprint density at radius 2 is 1.96 bits per heavy atom. The predicted molar refractivity (Wildman–Crippen MR) is 97.3 cm³/mol. The zero-order valence-electron chi connectivity index (χ0n) is 14.6. The number of rotatable bonds is 7. The lowest BCUT2D eigenvalue weighted by Crippen LogP contribution is -2.29. The number of carbonyl (C=O) groups excluding carboxylic acids is 1. The van der Waals surface area contributed by atoms with E-state index in [9.17, 15) is 9.90 Å². The van der Waals surface area contributed by atoms with Gasteiger partial charge in [-0.25, -0.2) is 14.8 Å². The molecule has 0 atom stereocenters. The number of aliphatic hydroxyl groups excluding tert-OH is 1. The van der Waals surface area contributed by atoms with Crippen molar-refractivity contribution in [3.05, 3.63) is 36.2 Å². The lowest BCUT2D eigenvalue weighted by molar-refractivity contribution is 0.0601. The SMILES string of the molecule is CCN(CCO)c1ncnc(N(C)c2ccccc2C(=O)OC)c1N. The molecule has 1 aromatic heterocycles. The van der Waals surface area contributed by atoms with Crippen LogP contribution in [0.2, 0.25) is 0 Å². The smallest absolute Gasteiger partial charge is 0.339 e. The van der Waals surface area contributed by atoms with Gasteiger partial charge in [0.05, 0.1) is 25.0 Å². The number of methoxy groups -OCH3 is 1. The fourth-order valence-corrected chi connectivity index (χ4v) is 2.59. The Kier molecular flexibility index (Phi) is 6.13. The Balaban J connectivity index is 2.48. The number of anilines is 4. The molecular formula is C17H23N5O3. The summed E-state index contributed by atoms with van der Waals surface area (Å²) in [6, 6.07) is 7.05. The number of nitrogen functional groups attached to an aromatic ring is 1. The highest BCUT2D eigenvalue weighted by Crippen LogP contribution is 2.33. The minimum atomic E-state index is -0.439. The molecule has 0 aliphatic rings. The molecule has 0 saturated heterocycles. The molecule has 0 amide bonds. The quantitative estimate of drug-likeness (QED) is 0.726. The monoisotopic (exact) mass is 345 g/mol. The summed E-state index contributed by atoms with van der Waals surface area (Å²) in [5.74, 6) is 0.576. The predicted octanol–water partition coefficient (Wildman–Crippen LogP) is 1.43. The van der Waals surface area contributed by atoms with Gasteiger partial charge in [0.1, 0.15) is 12.0 Å². The van der Waals surface area contributed by atoms with Gasteiger partial charge < -0.3 is 25.4 Å². The molecule has 25 heavy (non-hydrogen) atoms. The zero-order chi connectivity index (χ0) is 18.4. The van der Waals surface area contributed by atoms with Crippen LogP contribution in [0.25, 0.3) is 0 Å². The number of aliphatic hydroxyl groups is 1. The van der Waals surface area contributed by atoms with E-state index in [0.29, 0.717) is 41.7 Å². The van der Waals surface area contributed by atoms with Crippen molar-refractivity contribution < 1.29 is 14.6 Å². The number of hydrogen-bond acceptors (Lipinski definition) is 8. The molecule has 8 nitrogen and oxygen atoms in total. The summed E-state index contributed by atoms with van der Waals surface area (Å²) < 4.78 is 4.84. The van der Waals surface area contributed by atoms with E-state index in [2.05, 4.69) is 9.97 Å². The Labute approximate surface area is 146 Å². The van der Waals surface area contributed by atoms with E-state index < -0.39 is 5.97 Å². The lowest BCUT2D eigenvalue weighted by Gasteiger charge is -2.26. The van der Waals surface area contributed by atoms with Crippen molar-refractivity contribution in [2.24, 2.45) is 0 Å². The number of benzene rings is 1. The molecule has 0 unspecified atom stereocenters. The maximum absolute atomic E-state index is 12.0. The molecule has 134 valence electrons. The number of carbonyl (C=O) groups is 1. The second-order valence-electron chi connectivity index (χ2n) is 5.31. The minimum absolute atomic E-state index is 0.00632. The van der Waals surface area contributed by atoms with Crippen molar-refractivity contribution in [3.63, 3.8) is 0 Å². The Bertz CT molecular complexity index is 738. The Morgan fingerprint density at radius 3 is 2.60 bits per heavy atom. The average Bonchev–Trinajstić information content (AvgIpc) is 2.65. The van der Waals surface area contributed by atoms with Gasteiger partial charge in [-0.3, -0.25) is 0 Å². The molecule has 0 spiro atoms. The molecular weight excluding hydrogens is 322 g/mol. The lowest BCUT2D eigenvalue weighted by atomic mass is 10.1. The van der Waals surface area contributed by atoms with E-state index in [0.717, 1.165) is 0 Å².